The highest BCUT2D eigenvalue weighted by Crippen LogP contribution is 2.38. The largest absolute Gasteiger partial charge is 0.294 e. The Morgan fingerprint density at radius 2 is 1.84 bits per heavy atom. The van der Waals surface area contributed by atoms with Gasteiger partial charge in [-0.05, 0) is 49.9 Å². The molecule has 1 aliphatic carbocycles. The molecule has 5 rings (SSSR count). The zero-order valence-electron chi connectivity index (χ0n) is 17.1. The number of carbonyl (C=O) groups is 1. The predicted molar refractivity (Wildman–Crippen MR) is 118 cm³/mol. The van der Waals surface area contributed by atoms with Gasteiger partial charge in [-0.1, -0.05) is 35.9 Å². The van der Waals surface area contributed by atoms with Crippen LogP contribution in [-0.4, -0.2) is 30.8 Å². The van der Waals surface area contributed by atoms with Crippen molar-refractivity contribution < 1.29 is 13.2 Å². The molecule has 1 saturated carbocycles. The maximum atomic E-state index is 13.5. The number of anilines is 2. The molecule has 2 aromatic carbocycles. The van der Waals surface area contributed by atoms with E-state index in [0.717, 1.165) is 24.0 Å². The first kappa shape index (κ1) is 19.7. The second kappa shape index (κ2) is 7.46. The van der Waals surface area contributed by atoms with E-state index in [4.69, 9.17) is 0 Å². The molecule has 31 heavy (non-hydrogen) atoms. The first-order valence-corrected chi connectivity index (χ1v) is 11.7. The molecule has 1 fully saturated rings. The first-order valence-electron chi connectivity index (χ1n) is 10.3. The summed E-state index contributed by atoms with van der Waals surface area (Å²) in [7, 11) is -3.75. The smallest absolute Gasteiger partial charge is 0.264 e. The molecule has 1 aliphatic heterocycles. The Morgan fingerprint density at radius 1 is 1.10 bits per heavy atom. The van der Waals surface area contributed by atoms with Crippen LogP contribution in [0.15, 0.2) is 59.6 Å². The minimum atomic E-state index is -3.75. The minimum absolute atomic E-state index is 0.0461. The fourth-order valence-corrected chi connectivity index (χ4v) is 5.25. The van der Waals surface area contributed by atoms with Gasteiger partial charge in [0.2, 0.25) is 11.9 Å². The van der Waals surface area contributed by atoms with Crippen molar-refractivity contribution in [3.63, 3.8) is 0 Å². The van der Waals surface area contributed by atoms with E-state index < -0.39 is 10.0 Å². The Morgan fingerprint density at radius 3 is 2.58 bits per heavy atom. The number of amides is 1. The van der Waals surface area contributed by atoms with Crippen LogP contribution in [0.5, 0.6) is 0 Å². The Hall–Kier alpha value is -3.26. The summed E-state index contributed by atoms with van der Waals surface area (Å²) < 4.78 is 28.4. The lowest BCUT2D eigenvalue weighted by Crippen LogP contribution is -2.32. The van der Waals surface area contributed by atoms with Crippen LogP contribution in [-0.2, 0) is 21.2 Å². The lowest BCUT2D eigenvalue weighted by molar-refractivity contribution is -0.117. The third-order valence-electron chi connectivity index (χ3n) is 5.67. The van der Waals surface area contributed by atoms with Gasteiger partial charge in [0.25, 0.3) is 10.0 Å². The van der Waals surface area contributed by atoms with Crippen LogP contribution in [0, 0.1) is 12.8 Å². The average molecular weight is 435 g/mol. The van der Waals surface area contributed by atoms with Gasteiger partial charge in [0.05, 0.1) is 16.3 Å². The normalized spacial score (nSPS) is 15.6. The van der Waals surface area contributed by atoms with Crippen LogP contribution in [0.25, 0.3) is 11.3 Å². The van der Waals surface area contributed by atoms with Gasteiger partial charge in [-0.25, -0.2) is 18.4 Å². The quantitative estimate of drug-likeness (QED) is 0.678. The lowest BCUT2D eigenvalue weighted by atomic mass is 10.1. The van der Waals surface area contributed by atoms with Crippen LogP contribution in [0.4, 0.5) is 11.6 Å². The van der Waals surface area contributed by atoms with Crippen molar-refractivity contribution >= 4 is 27.6 Å². The summed E-state index contributed by atoms with van der Waals surface area (Å²) in [5.41, 5.74) is 3.77. The molecule has 0 radical (unpaired) electrons. The van der Waals surface area contributed by atoms with Gasteiger partial charge in [-0.3, -0.25) is 14.4 Å². The van der Waals surface area contributed by atoms with E-state index in [9.17, 15) is 13.2 Å². The van der Waals surface area contributed by atoms with Crippen molar-refractivity contribution in [2.24, 2.45) is 5.92 Å². The third kappa shape index (κ3) is 3.67. The van der Waals surface area contributed by atoms with Gasteiger partial charge in [-0.2, -0.15) is 0 Å². The Labute approximate surface area is 181 Å². The van der Waals surface area contributed by atoms with Gasteiger partial charge in [-0.15, -0.1) is 0 Å². The van der Waals surface area contributed by atoms with Crippen LogP contribution >= 0.6 is 0 Å². The van der Waals surface area contributed by atoms with Crippen molar-refractivity contribution in [2.75, 3.05) is 16.2 Å². The molecule has 2 heterocycles. The van der Waals surface area contributed by atoms with Crippen molar-refractivity contribution in [1.82, 2.24) is 9.97 Å². The van der Waals surface area contributed by atoms with Gasteiger partial charge >= 0.3 is 0 Å². The second-order valence-electron chi connectivity index (χ2n) is 7.99. The number of hydrogen-bond acceptors (Lipinski definition) is 5. The molecule has 8 heteroatoms. The van der Waals surface area contributed by atoms with Gasteiger partial charge < -0.3 is 0 Å². The number of hydrogen-bond donors (Lipinski definition) is 1. The summed E-state index contributed by atoms with van der Waals surface area (Å²) in [5.74, 6) is 0.232. The van der Waals surface area contributed by atoms with Crippen LogP contribution in [0.1, 0.15) is 24.0 Å². The van der Waals surface area contributed by atoms with E-state index in [0.29, 0.717) is 23.4 Å². The maximum Gasteiger partial charge on any atom is 0.264 e. The summed E-state index contributed by atoms with van der Waals surface area (Å²) in [4.78, 5) is 21.3. The van der Waals surface area contributed by atoms with Crippen molar-refractivity contribution in [3.05, 3.63) is 65.9 Å². The molecule has 0 saturated heterocycles. The molecular formula is C23H22N4O3S. The van der Waals surface area contributed by atoms with Crippen LogP contribution < -0.4 is 9.62 Å². The summed E-state index contributed by atoms with van der Waals surface area (Å²) in [6, 6.07) is 14.2. The highest BCUT2D eigenvalue weighted by atomic mass is 32.2. The second-order valence-corrected chi connectivity index (χ2v) is 9.85. The minimum Gasteiger partial charge on any atom is -0.294 e. The van der Waals surface area contributed by atoms with E-state index >= 15 is 0 Å². The topological polar surface area (TPSA) is 92.3 Å². The molecule has 3 aromatic rings. The van der Waals surface area contributed by atoms with E-state index in [-0.39, 0.29) is 29.2 Å². The maximum absolute atomic E-state index is 13.5. The molecule has 7 nitrogen and oxygen atoms in total. The predicted octanol–water partition coefficient (Wildman–Crippen LogP) is 3.55. The van der Waals surface area contributed by atoms with Crippen molar-refractivity contribution in [2.45, 2.75) is 31.1 Å². The molecule has 0 atom stereocenters. The highest BCUT2D eigenvalue weighted by molar-refractivity contribution is 7.92. The molecule has 0 bridgehead atoms. The molecule has 1 amide bonds. The van der Waals surface area contributed by atoms with Gasteiger partial charge in [0.15, 0.2) is 0 Å². The average Bonchev–Trinajstić information content (AvgIpc) is 3.61. The molecule has 158 valence electrons. The van der Waals surface area contributed by atoms with Crippen molar-refractivity contribution in [3.8, 4) is 11.3 Å². The highest BCUT2D eigenvalue weighted by Gasteiger charge is 2.32. The van der Waals surface area contributed by atoms with Crippen LogP contribution in [0.3, 0.4) is 0 Å². The number of para-hydroxylation sites is 1. The van der Waals surface area contributed by atoms with Crippen molar-refractivity contribution in [1.29, 1.82) is 0 Å². The SMILES string of the molecule is Cc1ccc(S(=O)(=O)N2CCc3cnc(NC(=O)C4CC4)nc3-c3ccccc32)cc1. The van der Waals surface area contributed by atoms with Crippen LogP contribution in [0.2, 0.25) is 0 Å². The Balaban J connectivity index is 1.57. The summed E-state index contributed by atoms with van der Waals surface area (Å²) >= 11 is 0. The van der Waals surface area contributed by atoms with E-state index in [1.807, 2.05) is 25.1 Å². The molecule has 1 aromatic heterocycles. The number of aryl methyl sites for hydroxylation is 1. The molecule has 2 aliphatic rings. The number of fused-ring (bicyclic) bond motifs is 3. The fourth-order valence-electron chi connectivity index (χ4n) is 3.76. The summed E-state index contributed by atoms with van der Waals surface area (Å²) in [6.07, 6.45) is 3.94. The summed E-state index contributed by atoms with van der Waals surface area (Å²) in [6.45, 7) is 2.20. The number of nitrogens with one attached hydrogen (secondary N) is 1. The summed E-state index contributed by atoms with van der Waals surface area (Å²) in [5, 5.41) is 2.78. The number of benzene rings is 2. The molecule has 0 unspecified atom stereocenters. The first-order chi connectivity index (χ1) is 14.9. The fraction of sp³-hybridized carbons (Fsp3) is 0.261. The number of nitrogens with zero attached hydrogens (tertiary/aromatic N) is 3. The molecular weight excluding hydrogens is 412 g/mol. The van der Waals surface area contributed by atoms with Gasteiger partial charge in [0.1, 0.15) is 0 Å². The molecule has 0 spiro atoms. The Bertz CT molecular complexity index is 1270. The van der Waals surface area contributed by atoms with Gasteiger partial charge in [0, 0.05) is 24.2 Å². The zero-order valence-corrected chi connectivity index (χ0v) is 17.9. The number of sulfonamides is 1. The van der Waals surface area contributed by atoms with E-state index in [2.05, 4.69) is 15.3 Å². The third-order valence-corrected chi connectivity index (χ3v) is 7.50. The molecule has 1 N–H and O–H groups in total. The number of carbonyl (C=O) groups excluding carboxylic acids is 1. The zero-order chi connectivity index (χ0) is 21.6. The Kier molecular flexibility index (Phi) is 4.74. The number of rotatable bonds is 4. The van der Waals surface area contributed by atoms with E-state index in [1.165, 1.54) is 4.31 Å². The number of aromatic nitrogens is 2. The standard InChI is InChI=1S/C23H22N4O3S/c1-15-6-10-18(11-7-15)31(29,30)27-13-12-17-14-24-23(26-22(28)16-8-9-16)25-21(17)19-4-2-3-5-20(19)27/h2-7,10-11,14,16H,8-9,12-13H2,1H3,(H,24,25,26,28). The lowest BCUT2D eigenvalue weighted by Gasteiger charge is -2.24. The monoisotopic (exact) mass is 434 g/mol. The van der Waals surface area contributed by atoms with E-state index in [1.54, 1.807) is 36.5 Å².